The predicted octanol–water partition coefficient (Wildman–Crippen LogP) is 4.43. The van der Waals surface area contributed by atoms with Crippen LogP contribution in [0.4, 0.5) is 10.1 Å². The summed E-state index contributed by atoms with van der Waals surface area (Å²) in [4.78, 5) is 16.0. The monoisotopic (exact) mass is 497 g/mol. The molecule has 3 unspecified atom stereocenters. The lowest BCUT2D eigenvalue weighted by Crippen LogP contribution is -2.57. The number of hydrogen-bond donors (Lipinski definition) is 2. The third-order valence-electron chi connectivity index (χ3n) is 5.74. The minimum Gasteiger partial charge on any atom is -0.489 e. The first-order chi connectivity index (χ1) is 15.6. The van der Waals surface area contributed by atoms with Crippen LogP contribution < -0.4 is 10.1 Å². The van der Waals surface area contributed by atoms with E-state index in [0.717, 1.165) is 25.2 Å². The standard InChI is InChI=1S/C24H30Cl2FN3O3/c1-15-11-30(16(2)10-29(15)12-18-4-6-21(25)22(26)8-18)13-20(32)14-33-24-9-19(27)5-7-23(24)28-17(3)31/h4-9,15-16,20,32H,10-14H2,1-3H3,(H,28,31). The number of halogens is 3. The number of rotatable bonds is 8. The third kappa shape index (κ3) is 7.29. The van der Waals surface area contributed by atoms with E-state index in [9.17, 15) is 14.3 Å². The zero-order valence-corrected chi connectivity index (χ0v) is 20.5. The zero-order chi connectivity index (χ0) is 24.1. The highest BCUT2D eigenvalue weighted by Crippen LogP contribution is 2.27. The summed E-state index contributed by atoms with van der Waals surface area (Å²) in [6.45, 7) is 8.47. The lowest BCUT2D eigenvalue weighted by atomic mass is 10.1. The summed E-state index contributed by atoms with van der Waals surface area (Å²) in [7, 11) is 0. The molecule has 2 aromatic rings. The van der Waals surface area contributed by atoms with Gasteiger partial charge in [0.15, 0.2) is 0 Å². The highest BCUT2D eigenvalue weighted by Gasteiger charge is 2.30. The third-order valence-corrected chi connectivity index (χ3v) is 6.48. The van der Waals surface area contributed by atoms with Crippen LogP contribution in [0.1, 0.15) is 26.3 Å². The Morgan fingerprint density at radius 1 is 1.15 bits per heavy atom. The molecular weight excluding hydrogens is 468 g/mol. The fourth-order valence-corrected chi connectivity index (χ4v) is 4.36. The van der Waals surface area contributed by atoms with Crippen LogP contribution in [0.2, 0.25) is 10.0 Å². The van der Waals surface area contributed by atoms with E-state index in [1.807, 2.05) is 18.2 Å². The van der Waals surface area contributed by atoms with Gasteiger partial charge < -0.3 is 15.2 Å². The van der Waals surface area contributed by atoms with Crippen molar-refractivity contribution in [3.63, 3.8) is 0 Å². The number of amides is 1. The number of carbonyl (C=O) groups is 1. The molecule has 9 heteroatoms. The van der Waals surface area contributed by atoms with E-state index in [-0.39, 0.29) is 30.3 Å². The van der Waals surface area contributed by atoms with Gasteiger partial charge >= 0.3 is 0 Å². The SMILES string of the molecule is CC(=O)Nc1ccc(F)cc1OCC(O)CN1CC(C)N(Cc2ccc(Cl)c(Cl)c2)CC1C. The molecule has 2 N–H and O–H groups in total. The highest BCUT2D eigenvalue weighted by atomic mass is 35.5. The molecule has 0 saturated carbocycles. The summed E-state index contributed by atoms with van der Waals surface area (Å²) in [6.07, 6.45) is -0.769. The first kappa shape index (κ1) is 25.7. The second-order valence-corrected chi connectivity index (χ2v) is 9.43. The van der Waals surface area contributed by atoms with Crippen LogP contribution in [0.3, 0.4) is 0 Å². The first-order valence-corrected chi connectivity index (χ1v) is 11.7. The normalized spacial score (nSPS) is 20.5. The maximum atomic E-state index is 13.6. The topological polar surface area (TPSA) is 65.0 Å². The van der Waals surface area contributed by atoms with Crippen LogP contribution in [0.25, 0.3) is 0 Å². The average Bonchev–Trinajstić information content (AvgIpc) is 2.74. The average molecular weight is 498 g/mol. The molecule has 0 bridgehead atoms. The lowest BCUT2D eigenvalue weighted by Gasteiger charge is -2.44. The highest BCUT2D eigenvalue weighted by molar-refractivity contribution is 6.42. The number of aliphatic hydroxyl groups excluding tert-OH is 1. The van der Waals surface area contributed by atoms with Crippen molar-refractivity contribution in [3.05, 3.63) is 57.8 Å². The quantitative estimate of drug-likeness (QED) is 0.564. The fraction of sp³-hybridized carbons (Fsp3) is 0.458. The Bertz CT molecular complexity index is 978. The second kappa shape index (κ2) is 11.5. The number of aliphatic hydroxyl groups is 1. The minimum absolute atomic E-state index is 0.0133. The van der Waals surface area contributed by atoms with Crippen LogP contribution >= 0.6 is 23.2 Å². The fourth-order valence-electron chi connectivity index (χ4n) is 4.03. The summed E-state index contributed by atoms with van der Waals surface area (Å²) >= 11 is 12.2. The summed E-state index contributed by atoms with van der Waals surface area (Å²) in [6, 6.07) is 10.1. The van der Waals surface area contributed by atoms with Crippen molar-refractivity contribution in [1.82, 2.24) is 9.80 Å². The Kier molecular flexibility index (Phi) is 8.95. The van der Waals surface area contributed by atoms with Gasteiger partial charge in [-0.2, -0.15) is 0 Å². The van der Waals surface area contributed by atoms with Crippen molar-refractivity contribution in [1.29, 1.82) is 0 Å². The molecule has 1 fully saturated rings. The maximum absolute atomic E-state index is 13.6. The minimum atomic E-state index is -0.769. The van der Waals surface area contributed by atoms with Gasteiger partial charge in [0.25, 0.3) is 0 Å². The van der Waals surface area contributed by atoms with Crippen molar-refractivity contribution in [2.45, 2.75) is 45.5 Å². The number of hydrogen-bond acceptors (Lipinski definition) is 5. The molecule has 3 atom stereocenters. The molecule has 6 nitrogen and oxygen atoms in total. The molecule has 0 aromatic heterocycles. The van der Waals surface area contributed by atoms with Crippen molar-refractivity contribution >= 4 is 34.8 Å². The van der Waals surface area contributed by atoms with Gasteiger partial charge in [-0.1, -0.05) is 29.3 Å². The van der Waals surface area contributed by atoms with Gasteiger partial charge in [-0.25, -0.2) is 4.39 Å². The van der Waals surface area contributed by atoms with Gasteiger partial charge in [0.05, 0.1) is 15.7 Å². The summed E-state index contributed by atoms with van der Waals surface area (Å²) in [5, 5.41) is 14.3. The number of benzene rings is 2. The van der Waals surface area contributed by atoms with Gasteiger partial charge in [0.2, 0.25) is 5.91 Å². The lowest BCUT2D eigenvalue weighted by molar-refractivity contribution is -0.114. The Morgan fingerprint density at radius 2 is 1.85 bits per heavy atom. The van der Waals surface area contributed by atoms with E-state index in [0.29, 0.717) is 22.3 Å². The van der Waals surface area contributed by atoms with Gasteiger partial charge in [-0.05, 0) is 43.7 Å². The van der Waals surface area contributed by atoms with Crippen LogP contribution in [-0.2, 0) is 11.3 Å². The molecule has 33 heavy (non-hydrogen) atoms. The Hall–Kier alpha value is -1.90. The molecule has 1 amide bonds. The van der Waals surface area contributed by atoms with E-state index >= 15 is 0 Å². The molecular formula is C24H30Cl2FN3O3. The maximum Gasteiger partial charge on any atom is 0.221 e. The molecule has 180 valence electrons. The Morgan fingerprint density at radius 3 is 2.55 bits per heavy atom. The van der Waals surface area contributed by atoms with Crippen LogP contribution in [-0.4, -0.2) is 65.2 Å². The van der Waals surface area contributed by atoms with Crippen molar-refractivity contribution < 1.29 is 19.0 Å². The molecule has 3 rings (SSSR count). The molecule has 0 aliphatic carbocycles. The van der Waals surface area contributed by atoms with Crippen LogP contribution in [0, 0.1) is 5.82 Å². The van der Waals surface area contributed by atoms with E-state index in [1.165, 1.54) is 25.1 Å². The predicted molar refractivity (Wildman–Crippen MR) is 130 cm³/mol. The van der Waals surface area contributed by atoms with E-state index < -0.39 is 11.9 Å². The van der Waals surface area contributed by atoms with Crippen molar-refractivity contribution in [2.24, 2.45) is 0 Å². The van der Waals surface area contributed by atoms with Gasteiger partial charge in [0, 0.05) is 51.3 Å². The summed E-state index contributed by atoms with van der Waals surface area (Å²) < 4.78 is 19.3. The number of nitrogens with one attached hydrogen (secondary N) is 1. The van der Waals surface area contributed by atoms with Crippen molar-refractivity contribution in [3.8, 4) is 5.75 Å². The number of nitrogens with zero attached hydrogens (tertiary/aromatic N) is 2. The first-order valence-electron chi connectivity index (χ1n) is 10.9. The molecule has 1 heterocycles. The van der Waals surface area contributed by atoms with Gasteiger partial charge in [0.1, 0.15) is 24.3 Å². The largest absolute Gasteiger partial charge is 0.489 e. The Balaban J connectivity index is 1.54. The smallest absolute Gasteiger partial charge is 0.221 e. The number of anilines is 1. The van der Waals surface area contributed by atoms with Gasteiger partial charge in [-0.3, -0.25) is 14.6 Å². The molecule has 1 aliphatic heterocycles. The summed E-state index contributed by atoms with van der Waals surface area (Å²) in [5.41, 5.74) is 1.48. The molecule has 2 aromatic carbocycles. The Labute approximate surface area is 204 Å². The number of β-amino-alcohol motifs (C(OH)–C–C–N with tert-alkyl or cyclic N) is 1. The van der Waals surface area contributed by atoms with E-state index in [2.05, 4.69) is 29.0 Å². The van der Waals surface area contributed by atoms with Crippen molar-refractivity contribution in [2.75, 3.05) is 31.6 Å². The van der Waals surface area contributed by atoms with E-state index in [1.54, 1.807) is 0 Å². The van der Waals surface area contributed by atoms with E-state index in [4.69, 9.17) is 27.9 Å². The van der Waals surface area contributed by atoms with Crippen LogP contribution in [0.5, 0.6) is 5.75 Å². The molecule has 1 saturated heterocycles. The summed E-state index contributed by atoms with van der Waals surface area (Å²) in [5.74, 6) is -0.570. The number of carbonyl (C=O) groups excluding carboxylic acids is 1. The van der Waals surface area contributed by atoms with Crippen LogP contribution in [0.15, 0.2) is 36.4 Å². The zero-order valence-electron chi connectivity index (χ0n) is 19.0. The second-order valence-electron chi connectivity index (χ2n) is 8.62. The number of ether oxygens (including phenoxy) is 1. The molecule has 0 spiro atoms. The van der Waals surface area contributed by atoms with Gasteiger partial charge in [-0.15, -0.1) is 0 Å². The number of piperazine rings is 1. The molecule has 0 radical (unpaired) electrons. The molecule has 1 aliphatic rings.